The Balaban J connectivity index is 2.31. The van der Waals surface area contributed by atoms with E-state index in [0.717, 1.165) is 5.56 Å². The van der Waals surface area contributed by atoms with Crippen molar-refractivity contribution in [2.24, 2.45) is 0 Å². The maximum absolute atomic E-state index is 12.3. The first-order valence-corrected chi connectivity index (χ1v) is 6.51. The molecule has 2 aromatic rings. The fourth-order valence-electron chi connectivity index (χ4n) is 1.94. The highest BCUT2D eigenvalue weighted by Gasteiger charge is 2.17. The van der Waals surface area contributed by atoms with Gasteiger partial charge in [0.05, 0.1) is 14.2 Å². The second-order valence-corrected chi connectivity index (χ2v) is 4.51. The average molecular weight is 300 g/mol. The van der Waals surface area contributed by atoms with Crippen LogP contribution < -0.4 is 9.47 Å². The fraction of sp³-hybridized carbons (Fsp3) is 0.118. The molecule has 22 heavy (non-hydrogen) atoms. The molecule has 2 aromatic carbocycles. The van der Waals surface area contributed by atoms with Crippen LogP contribution in [0.4, 0.5) is 0 Å². The zero-order chi connectivity index (χ0) is 16.1. The third-order valence-corrected chi connectivity index (χ3v) is 3.08. The Hall–Kier alpha value is -2.95. The Morgan fingerprint density at radius 3 is 2.32 bits per heavy atom. The Morgan fingerprint density at radius 2 is 1.73 bits per heavy atom. The lowest BCUT2D eigenvalue weighted by molar-refractivity contribution is 0.104. The molecule has 0 fully saturated rings. The van der Waals surface area contributed by atoms with Crippen molar-refractivity contribution in [3.05, 3.63) is 53.6 Å². The Morgan fingerprint density at radius 1 is 1.05 bits per heavy atom. The lowest BCUT2D eigenvalue weighted by Crippen LogP contribution is -2.00. The second-order valence-electron chi connectivity index (χ2n) is 4.51. The molecule has 2 N–H and O–H groups in total. The highest BCUT2D eigenvalue weighted by atomic mass is 16.5. The summed E-state index contributed by atoms with van der Waals surface area (Å²) in [6.45, 7) is 0. The molecule has 5 nitrogen and oxygen atoms in total. The number of hydrogen-bond donors (Lipinski definition) is 2. The number of methoxy groups -OCH3 is 2. The summed E-state index contributed by atoms with van der Waals surface area (Å²) in [5.74, 6) is 0.171. The van der Waals surface area contributed by atoms with E-state index in [1.807, 2.05) is 0 Å². The van der Waals surface area contributed by atoms with E-state index in [4.69, 9.17) is 9.47 Å². The largest absolute Gasteiger partial charge is 0.508 e. The van der Waals surface area contributed by atoms with Crippen LogP contribution >= 0.6 is 0 Å². The number of hydrogen-bond acceptors (Lipinski definition) is 5. The van der Waals surface area contributed by atoms with Crippen molar-refractivity contribution in [2.45, 2.75) is 0 Å². The number of benzene rings is 2. The van der Waals surface area contributed by atoms with Crippen molar-refractivity contribution in [3.8, 4) is 23.0 Å². The Labute approximate surface area is 128 Å². The summed E-state index contributed by atoms with van der Waals surface area (Å²) >= 11 is 0. The van der Waals surface area contributed by atoms with Gasteiger partial charge in [-0.1, -0.05) is 18.2 Å². The van der Waals surface area contributed by atoms with Gasteiger partial charge in [-0.15, -0.1) is 0 Å². The number of aromatic hydroxyl groups is 2. The summed E-state index contributed by atoms with van der Waals surface area (Å²) < 4.78 is 10.1. The van der Waals surface area contributed by atoms with E-state index in [0.29, 0.717) is 5.75 Å². The highest BCUT2D eigenvalue weighted by Crippen LogP contribution is 2.33. The maximum atomic E-state index is 12.3. The van der Waals surface area contributed by atoms with Gasteiger partial charge in [-0.25, -0.2) is 0 Å². The smallest absolute Gasteiger partial charge is 0.193 e. The van der Waals surface area contributed by atoms with Crippen LogP contribution in [-0.2, 0) is 0 Å². The molecule has 0 radical (unpaired) electrons. The van der Waals surface area contributed by atoms with Crippen LogP contribution in [0, 0.1) is 0 Å². The van der Waals surface area contributed by atoms with Crippen LogP contribution in [-0.4, -0.2) is 30.2 Å². The topological polar surface area (TPSA) is 76.0 Å². The van der Waals surface area contributed by atoms with E-state index in [9.17, 15) is 15.0 Å². The molecule has 0 saturated carbocycles. The lowest BCUT2D eigenvalue weighted by atomic mass is 10.1. The van der Waals surface area contributed by atoms with Crippen molar-refractivity contribution >= 4 is 11.9 Å². The molecule has 0 spiro atoms. The van der Waals surface area contributed by atoms with Gasteiger partial charge in [-0.05, 0) is 23.8 Å². The SMILES string of the molecule is COc1cc(O)c(C(=O)C=Cc2ccc(O)cc2)c(OC)c1. The molecule has 0 heterocycles. The summed E-state index contributed by atoms with van der Waals surface area (Å²) in [6.07, 6.45) is 2.92. The molecule has 0 aliphatic heterocycles. The third kappa shape index (κ3) is 3.38. The fourth-order valence-corrected chi connectivity index (χ4v) is 1.94. The van der Waals surface area contributed by atoms with E-state index in [-0.39, 0.29) is 22.8 Å². The average Bonchev–Trinajstić information content (AvgIpc) is 2.53. The molecule has 0 amide bonds. The molecule has 114 valence electrons. The number of carbonyl (C=O) groups excluding carboxylic acids is 1. The normalized spacial score (nSPS) is 10.6. The van der Waals surface area contributed by atoms with Gasteiger partial charge in [0.25, 0.3) is 0 Å². The summed E-state index contributed by atoms with van der Waals surface area (Å²) in [7, 11) is 2.87. The minimum atomic E-state index is -0.398. The van der Waals surface area contributed by atoms with Gasteiger partial charge in [0.2, 0.25) is 0 Å². The summed E-state index contributed by atoms with van der Waals surface area (Å²) in [5, 5.41) is 19.2. The zero-order valence-corrected chi connectivity index (χ0v) is 12.2. The van der Waals surface area contributed by atoms with Crippen molar-refractivity contribution in [3.63, 3.8) is 0 Å². The lowest BCUT2D eigenvalue weighted by Gasteiger charge is -2.10. The van der Waals surface area contributed by atoms with Gasteiger partial charge in [0.15, 0.2) is 5.78 Å². The van der Waals surface area contributed by atoms with Gasteiger partial charge >= 0.3 is 0 Å². The third-order valence-electron chi connectivity index (χ3n) is 3.08. The molecule has 0 bridgehead atoms. The first-order chi connectivity index (χ1) is 10.5. The molecular formula is C17H16O5. The predicted molar refractivity (Wildman–Crippen MR) is 82.7 cm³/mol. The Kier molecular flexibility index (Phi) is 4.68. The van der Waals surface area contributed by atoms with Crippen LogP contribution in [0.25, 0.3) is 6.08 Å². The van der Waals surface area contributed by atoms with E-state index in [2.05, 4.69) is 0 Å². The minimum Gasteiger partial charge on any atom is -0.508 e. The summed E-state index contributed by atoms with van der Waals surface area (Å²) in [6, 6.07) is 9.27. The molecule has 0 aliphatic carbocycles. The molecule has 0 aromatic heterocycles. The second kappa shape index (κ2) is 6.67. The molecule has 5 heteroatoms. The number of phenolic OH excluding ortho intramolecular Hbond substituents is 2. The molecule has 0 aliphatic rings. The number of rotatable bonds is 5. The van der Waals surface area contributed by atoms with Crippen molar-refractivity contribution in [1.29, 1.82) is 0 Å². The Bertz CT molecular complexity index is 702. The highest BCUT2D eigenvalue weighted by molar-refractivity contribution is 6.10. The standard InChI is InChI=1S/C17H16O5/c1-21-13-9-15(20)17(16(10-13)22-2)14(19)8-5-11-3-6-12(18)7-4-11/h3-10,18,20H,1-2H3. The van der Waals surface area contributed by atoms with Crippen LogP contribution in [0.5, 0.6) is 23.0 Å². The monoisotopic (exact) mass is 300 g/mol. The van der Waals surface area contributed by atoms with Crippen LogP contribution in [0.2, 0.25) is 0 Å². The van der Waals surface area contributed by atoms with Crippen LogP contribution in [0.3, 0.4) is 0 Å². The first kappa shape index (κ1) is 15.4. The molecule has 2 rings (SSSR count). The molecule has 0 atom stereocenters. The maximum Gasteiger partial charge on any atom is 0.193 e. The number of phenols is 2. The van der Waals surface area contributed by atoms with Gasteiger partial charge in [0, 0.05) is 12.1 Å². The molecule has 0 saturated heterocycles. The number of ether oxygens (including phenoxy) is 2. The van der Waals surface area contributed by atoms with E-state index >= 15 is 0 Å². The predicted octanol–water partition coefficient (Wildman–Crippen LogP) is 3.01. The van der Waals surface area contributed by atoms with E-state index in [1.54, 1.807) is 18.2 Å². The van der Waals surface area contributed by atoms with Gasteiger partial charge in [-0.2, -0.15) is 0 Å². The molecular weight excluding hydrogens is 284 g/mol. The molecule has 0 unspecified atom stereocenters. The zero-order valence-electron chi connectivity index (χ0n) is 12.2. The minimum absolute atomic E-state index is 0.0679. The quantitative estimate of drug-likeness (QED) is 0.655. The number of ketones is 1. The van der Waals surface area contributed by atoms with Gasteiger partial charge in [-0.3, -0.25) is 4.79 Å². The number of allylic oxidation sites excluding steroid dienone is 1. The van der Waals surface area contributed by atoms with Crippen molar-refractivity contribution < 1.29 is 24.5 Å². The van der Waals surface area contributed by atoms with Crippen molar-refractivity contribution in [2.75, 3.05) is 14.2 Å². The van der Waals surface area contributed by atoms with Gasteiger partial charge in [0.1, 0.15) is 28.6 Å². The number of carbonyl (C=O) groups is 1. The van der Waals surface area contributed by atoms with Gasteiger partial charge < -0.3 is 19.7 Å². The van der Waals surface area contributed by atoms with E-state index in [1.165, 1.54) is 44.6 Å². The summed E-state index contributed by atoms with van der Waals surface area (Å²) in [4.78, 5) is 12.3. The van der Waals surface area contributed by atoms with Crippen LogP contribution in [0.1, 0.15) is 15.9 Å². The van der Waals surface area contributed by atoms with E-state index < -0.39 is 5.78 Å². The van der Waals surface area contributed by atoms with Crippen LogP contribution in [0.15, 0.2) is 42.5 Å². The first-order valence-electron chi connectivity index (χ1n) is 6.51. The van der Waals surface area contributed by atoms with Crippen molar-refractivity contribution in [1.82, 2.24) is 0 Å². The summed E-state index contributed by atoms with van der Waals surface area (Å²) in [5.41, 5.74) is 0.816.